The Morgan fingerprint density at radius 3 is 2.91 bits per heavy atom. The van der Waals surface area contributed by atoms with Crippen molar-refractivity contribution in [3.8, 4) is 0 Å². The number of fused-ring (bicyclic) bond motifs is 1. The van der Waals surface area contributed by atoms with Gasteiger partial charge in [0, 0.05) is 10.4 Å². The molecule has 1 aromatic heterocycles. The van der Waals surface area contributed by atoms with Crippen LogP contribution in [0.1, 0.15) is 0 Å². The molecule has 0 bridgehead atoms. The zero-order valence-corrected chi connectivity index (χ0v) is 13.4. The van der Waals surface area contributed by atoms with Gasteiger partial charge in [0.1, 0.15) is 17.2 Å². The van der Waals surface area contributed by atoms with Crippen LogP contribution in [0.15, 0.2) is 53.8 Å². The minimum Gasteiger partial charge on any atom is -0.323 e. The van der Waals surface area contributed by atoms with Crippen molar-refractivity contribution in [1.82, 2.24) is 9.97 Å². The number of rotatable bonds is 4. The SMILES string of the molecule is O=C(CSc1ncnc2ccccc12)Nc1cc(Cl)ccc1F. The first kappa shape index (κ1) is 15.7. The van der Waals surface area contributed by atoms with Gasteiger partial charge in [-0.2, -0.15) is 0 Å². The Morgan fingerprint density at radius 2 is 2.04 bits per heavy atom. The van der Waals surface area contributed by atoms with Crippen molar-refractivity contribution in [3.05, 3.63) is 59.6 Å². The average Bonchev–Trinajstić information content (AvgIpc) is 2.56. The highest BCUT2D eigenvalue weighted by molar-refractivity contribution is 8.00. The third kappa shape index (κ3) is 3.78. The molecule has 1 amide bonds. The highest BCUT2D eigenvalue weighted by Crippen LogP contribution is 2.25. The van der Waals surface area contributed by atoms with E-state index in [1.807, 2.05) is 24.3 Å². The van der Waals surface area contributed by atoms with Crippen LogP contribution in [0.2, 0.25) is 5.02 Å². The molecule has 0 atom stereocenters. The van der Waals surface area contributed by atoms with E-state index in [0.29, 0.717) is 10.0 Å². The topological polar surface area (TPSA) is 54.9 Å². The largest absolute Gasteiger partial charge is 0.323 e. The molecule has 1 heterocycles. The van der Waals surface area contributed by atoms with Crippen LogP contribution in [0, 0.1) is 5.82 Å². The number of thioether (sulfide) groups is 1. The average molecular weight is 348 g/mol. The lowest BCUT2D eigenvalue weighted by Crippen LogP contribution is -2.15. The maximum absolute atomic E-state index is 13.6. The fraction of sp³-hybridized carbons (Fsp3) is 0.0625. The number of para-hydroxylation sites is 1. The van der Waals surface area contributed by atoms with Crippen LogP contribution >= 0.6 is 23.4 Å². The van der Waals surface area contributed by atoms with Crippen LogP contribution in [-0.4, -0.2) is 21.6 Å². The molecule has 3 rings (SSSR count). The van der Waals surface area contributed by atoms with E-state index in [1.165, 1.54) is 36.3 Å². The smallest absolute Gasteiger partial charge is 0.234 e. The summed E-state index contributed by atoms with van der Waals surface area (Å²) in [5.74, 6) is -0.758. The zero-order valence-electron chi connectivity index (χ0n) is 11.8. The number of carbonyl (C=O) groups is 1. The summed E-state index contributed by atoms with van der Waals surface area (Å²) in [6, 6.07) is 11.6. The highest BCUT2D eigenvalue weighted by atomic mass is 35.5. The van der Waals surface area contributed by atoms with Crippen LogP contribution in [0.5, 0.6) is 0 Å². The van der Waals surface area contributed by atoms with E-state index >= 15 is 0 Å². The first-order valence-corrected chi connectivity index (χ1v) is 8.07. The first-order chi connectivity index (χ1) is 11.1. The molecule has 0 unspecified atom stereocenters. The molecule has 7 heteroatoms. The molecular formula is C16H11ClFN3OS. The van der Waals surface area contributed by atoms with Gasteiger partial charge < -0.3 is 5.32 Å². The summed E-state index contributed by atoms with van der Waals surface area (Å²) in [5.41, 5.74) is 0.877. The molecule has 2 aromatic carbocycles. The molecule has 0 saturated carbocycles. The van der Waals surface area contributed by atoms with E-state index in [-0.39, 0.29) is 17.3 Å². The minimum absolute atomic E-state index is 0.0654. The van der Waals surface area contributed by atoms with Crippen molar-refractivity contribution in [1.29, 1.82) is 0 Å². The second-order valence-corrected chi connectivity index (χ2v) is 6.06. The number of aromatic nitrogens is 2. The first-order valence-electron chi connectivity index (χ1n) is 6.71. The summed E-state index contributed by atoms with van der Waals surface area (Å²) < 4.78 is 13.6. The van der Waals surface area contributed by atoms with Gasteiger partial charge in [-0.1, -0.05) is 41.6 Å². The second-order valence-electron chi connectivity index (χ2n) is 4.66. The Hall–Kier alpha value is -2.18. The van der Waals surface area contributed by atoms with Gasteiger partial charge >= 0.3 is 0 Å². The summed E-state index contributed by atoms with van der Waals surface area (Å²) in [5, 5.41) is 4.45. The quantitative estimate of drug-likeness (QED) is 0.569. The molecule has 3 aromatic rings. The molecule has 1 N–H and O–H groups in total. The third-order valence-corrected chi connectivity index (χ3v) is 4.29. The lowest BCUT2D eigenvalue weighted by molar-refractivity contribution is -0.113. The highest BCUT2D eigenvalue weighted by Gasteiger charge is 2.10. The molecule has 0 aliphatic rings. The Kier molecular flexibility index (Phi) is 4.73. The van der Waals surface area contributed by atoms with Crippen LogP contribution in [0.4, 0.5) is 10.1 Å². The van der Waals surface area contributed by atoms with Gasteiger partial charge in [-0.05, 0) is 24.3 Å². The van der Waals surface area contributed by atoms with Gasteiger partial charge in [0.15, 0.2) is 0 Å². The van der Waals surface area contributed by atoms with E-state index < -0.39 is 5.82 Å². The number of hydrogen-bond acceptors (Lipinski definition) is 4. The lowest BCUT2D eigenvalue weighted by atomic mass is 10.2. The fourth-order valence-corrected chi connectivity index (χ4v) is 2.97. The lowest BCUT2D eigenvalue weighted by Gasteiger charge is -2.07. The van der Waals surface area contributed by atoms with E-state index in [4.69, 9.17) is 11.6 Å². The molecule has 0 spiro atoms. The van der Waals surface area contributed by atoms with E-state index in [1.54, 1.807) is 0 Å². The number of benzene rings is 2. The Balaban J connectivity index is 1.70. The van der Waals surface area contributed by atoms with Gasteiger partial charge in [-0.25, -0.2) is 14.4 Å². The maximum Gasteiger partial charge on any atom is 0.234 e. The van der Waals surface area contributed by atoms with Gasteiger partial charge in [0.2, 0.25) is 5.91 Å². The second kappa shape index (κ2) is 6.93. The van der Waals surface area contributed by atoms with E-state index in [2.05, 4.69) is 15.3 Å². The van der Waals surface area contributed by atoms with Gasteiger partial charge in [-0.3, -0.25) is 4.79 Å². The number of hydrogen-bond donors (Lipinski definition) is 1. The zero-order chi connectivity index (χ0) is 16.2. The molecule has 23 heavy (non-hydrogen) atoms. The van der Waals surface area contributed by atoms with E-state index in [9.17, 15) is 9.18 Å². The Bertz CT molecular complexity index is 870. The summed E-state index contributed by atoms with van der Waals surface area (Å²) >= 11 is 7.07. The van der Waals surface area contributed by atoms with Crippen molar-refractivity contribution < 1.29 is 9.18 Å². The number of halogens is 2. The summed E-state index contributed by atoms with van der Waals surface area (Å²) in [6.45, 7) is 0. The van der Waals surface area contributed by atoms with Gasteiger partial charge in [0.05, 0.1) is 17.0 Å². The molecule has 4 nitrogen and oxygen atoms in total. The van der Waals surface area contributed by atoms with Crippen molar-refractivity contribution in [2.75, 3.05) is 11.1 Å². The van der Waals surface area contributed by atoms with Crippen molar-refractivity contribution in [3.63, 3.8) is 0 Å². The Labute approximate surface area is 141 Å². The molecule has 0 fully saturated rings. The number of anilines is 1. The number of nitrogens with one attached hydrogen (secondary N) is 1. The number of amides is 1. The predicted molar refractivity (Wildman–Crippen MR) is 90.3 cm³/mol. The maximum atomic E-state index is 13.6. The number of carbonyl (C=O) groups excluding carboxylic acids is 1. The third-order valence-electron chi connectivity index (χ3n) is 3.05. The Morgan fingerprint density at radius 1 is 1.22 bits per heavy atom. The summed E-state index contributed by atoms with van der Waals surface area (Å²) in [7, 11) is 0. The normalized spacial score (nSPS) is 10.7. The minimum atomic E-state index is -0.528. The molecule has 0 aliphatic carbocycles. The monoisotopic (exact) mass is 347 g/mol. The van der Waals surface area contributed by atoms with Gasteiger partial charge in [0.25, 0.3) is 0 Å². The van der Waals surface area contributed by atoms with Crippen LogP contribution in [0.3, 0.4) is 0 Å². The van der Waals surface area contributed by atoms with E-state index in [0.717, 1.165) is 10.9 Å². The van der Waals surface area contributed by atoms with Gasteiger partial charge in [-0.15, -0.1) is 0 Å². The molecule has 0 radical (unpaired) electrons. The fourth-order valence-electron chi connectivity index (χ4n) is 2.01. The predicted octanol–water partition coefficient (Wildman–Crippen LogP) is 4.15. The standard InChI is InChI=1S/C16H11ClFN3OS/c17-10-5-6-12(18)14(7-10)21-15(22)8-23-16-11-3-1-2-4-13(11)19-9-20-16/h1-7,9H,8H2,(H,21,22). The van der Waals surface area contributed by atoms with Crippen molar-refractivity contribution in [2.24, 2.45) is 0 Å². The van der Waals surface area contributed by atoms with Crippen LogP contribution < -0.4 is 5.32 Å². The molecule has 116 valence electrons. The summed E-state index contributed by atoms with van der Waals surface area (Å²) in [4.78, 5) is 20.4. The number of nitrogens with zero attached hydrogens (tertiary/aromatic N) is 2. The molecule has 0 saturated heterocycles. The van der Waals surface area contributed by atoms with Crippen LogP contribution in [0.25, 0.3) is 10.9 Å². The molecular weight excluding hydrogens is 337 g/mol. The van der Waals surface area contributed by atoms with Crippen LogP contribution in [-0.2, 0) is 4.79 Å². The van der Waals surface area contributed by atoms with Crippen molar-refractivity contribution >= 4 is 45.9 Å². The van der Waals surface area contributed by atoms with Crippen molar-refractivity contribution in [2.45, 2.75) is 5.03 Å². The summed E-state index contributed by atoms with van der Waals surface area (Å²) in [6.07, 6.45) is 1.46. The molecule has 0 aliphatic heterocycles.